The molecule has 42 heavy (non-hydrogen) atoms. The zero-order valence-corrected chi connectivity index (χ0v) is 23.1. The minimum Gasteiger partial charge on any atom is -0.507 e. The fraction of sp³-hybridized carbons (Fsp3) is 0.226. The molecule has 2 aliphatic heterocycles. The summed E-state index contributed by atoms with van der Waals surface area (Å²) in [6.07, 6.45) is 0.700. The second kappa shape index (κ2) is 10.9. The molecule has 0 aliphatic carbocycles. The van der Waals surface area contributed by atoms with Gasteiger partial charge in [-0.1, -0.05) is 41.9 Å². The number of carbonyl (C=O) groups excluding carboxylic acids is 3. The van der Waals surface area contributed by atoms with Crippen LogP contribution < -0.4 is 16.2 Å². The van der Waals surface area contributed by atoms with E-state index in [-0.39, 0.29) is 30.2 Å². The van der Waals surface area contributed by atoms with Crippen molar-refractivity contribution >= 4 is 46.1 Å². The molecule has 1 saturated heterocycles. The van der Waals surface area contributed by atoms with Gasteiger partial charge in [-0.2, -0.15) is 0 Å². The first-order valence-electron chi connectivity index (χ1n) is 13.5. The van der Waals surface area contributed by atoms with Crippen molar-refractivity contribution in [3.63, 3.8) is 0 Å². The van der Waals surface area contributed by atoms with Gasteiger partial charge >= 0.3 is 6.09 Å². The lowest BCUT2D eigenvalue weighted by atomic mass is 9.83. The quantitative estimate of drug-likeness (QED) is 0.275. The molecule has 6 rings (SSSR count). The van der Waals surface area contributed by atoms with Crippen molar-refractivity contribution in [2.75, 3.05) is 18.4 Å². The van der Waals surface area contributed by atoms with Crippen LogP contribution in [-0.2, 0) is 21.6 Å². The average Bonchev–Trinajstić information content (AvgIpc) is 2.97. The van der Waals surface area contributed by atoms with E-state index in [0.29, 0.717) is 46.6 Å². The highest BCUT2D eigenvalue weighted by atomic mass is 35.5. The molecule has 3 amide bonds. The van der Waals surface area contributed by atoms with E-state index in [1.165, 1.54) is 18.2 Å². The molecule has 11 heteroatoms. The minimum atomic E-state index is -1.08. The summed E-state index contributed by atoms with van der Waals surface area (Å²) in [6, 6.07) is 19.1. The van der Waals surface area contributed by atoms with Gasteiger partial charge in [-0.25, -0.2) is 4.79 Å². The number of amides is 3. The molecule has 0 unspecified atom stereocenters. The fourth-order valence-corrected chi connectivity index (χ4v) is 5.95. The predicted molar refractivity (Wildman–Crippen MR) is 157 cm³/mol. The smallest absolute Gasteiger partial charge is 0.412 e. The van der Waals surface area contributed by atoms with Gasteiger partial charge in [0, 0.05) is 40.6 Å². The number of anilines is 1. The van der Waals surface area contributed by atoms with Crippen LogP contribution in [0.5, 0.6) is 5.75 Å². The average molecular weight is 587 g/mol. The van der Waals surface area contributed by atoms with E-state index in [9.17, 15) is 24.3 Å². The maximum atomic E-state index is 14.1. The number of halogens is 1. The van der Waals surface area contributed by atoms with Crippen LogP contribution in [0.1, 0.15) is 34.3 Å². The highest BCUT2D eigenvalue weighted by Gasteiger charge is 2.47. The topological polar surface area (TPSA) is 141 Å². The number of nitrogens with zero attached hydrogens (tertiary/aromatic N) is 1. The van der Waals surface area contributed by atoms with E-state index in [1.807, 2.05) is 30.3 Å². The highest BCUT2D eigenvalue weighted by Crippen LogP contribution is 2.43. The van der Waals surface area contributed by atoms with Crippen molar-refractivity contribution in [1.82, 2.24) is 15.2 Å². The molecule has 1 spiro atoms. The van der Waals surface area contributed by atoms with Gasteiger partial charge in [-0.05, 0) is 54.8 Å². The van der Waals surface area contributed by atoms with Crippen LogP contribution in [-0.4, -0.2) is 52.0 Å². The summed E-state index contributed by atoms with van der Waals surface area (Å²) >= 11 is 6.29. The third-order valence-corrected chi connectivity index (χ3v) is 7.97. The van der Waals surface area contributed by atoms with Crippen molar-refractivity contribution in [2.24, 2.45) is 0 Å². The molecule has 10 nitrogen and oxygen atoms in total. The molecule has 2 atom stereocenters. The van der Waals surface area contributed by atoms with E-state index in [0.717, 1.165) is 11.6 Å². The van der Waals surface area contributed by atoms with Gasteiger partial charge in [-0.15, -0.1) is 0 Å². The number of aromatic nitrogens is 1. The Morgan fingerprint density at radius 3 is 2.69 bits per heavy atom. The second-order valence-electron chi connectivity index (χ2n) is 10.6. The van der Waals surface area contributed by atoms with Gasteiger partial charge in [-0.3, -0.25) is 19.7 Å². The number of carbonyl (C=O) groups is 3. The van der Waals surface area contributed by atoms with Crippen LogP contribution in [0.15, 0.2) is 77.6 Å². The first-order valence-corrected chi connectivity index (χ1v) is 13.9. The Kier molecular flexibility index (Phi) is 7.07. The van der Waals surface area contributed by atoms with E-state index in [2.05, 4.69) is 15.6 Å². The van der Waals surface area contributed by atoms with Crippen LogP contribution in [0.2, 0.25) is 5.02 Å². The van der Waals surface area contributed by atoms with Crippen molar-refractivity contribution in [2.45, 2.75) is 30.9 Å². The molecule has 1 fully saturated rings. The lowest BCUT2D eigenvalue weighted by molar-refractivity contribution is -0.141. The summed E-state index contributed by atoms with van der Waals surface area (Å²) < 4.78 is 5.85. The van der Waals surface area contributed by atoms with Gasteiger partial charge in [0.1, 0.15) is 11.8 Å². The standard InChI is InChI=1S/C31H27ClN4O6/c32-20-8-10-23-22(15-20)31(42-30(41)35-23)11-4-12-36(17-31)29(40)25(13-18-5-2-1-3-6-18)34-28(39)19-7-9-21-24(14-19)33-27(38)16-26(21)37/h1-3,5-10,14-16,25H,4,11-13,17H2,(H,34,39)(H,35,41)(H2,33,37,38)/t25-,31-/m0/s1. The summed E-state index contributed by atoms with van der Waals surface area (Å²) in [5, 5.41) is 16.5. The number of likely N-dealkylation sites (tertiary alicyclic amines) is 1. The Morgan fingerprint density at radius 1 is 1.07 bits per heavy atom. The number of hydrogen-bond donors (Lipinski definition) is 4. The van der Waals surface area contributed by atoms with Gasteiger partial charge in [0.25, 0.3) is 11.5 Å². The van der Waals surface area contributed by atoms with Crippen molar-refractivity contribution in [3.8, 4) is 5.75 Å². The Hall–Kier alpha value is -4.83. The van der Waals surface area contributed by atoms with Crippen LogP contribution in [0.3, 0.4) is 0 Å². The Morgan fingerprint density at radius 2 is 1.88 bits per heavy atom. The van der Waals surface area contributed by atoms with E-state index >= 15 is 0 Å². The number of fused-ring (bicyclic) bond motifs is 3. The Labute approximate surface area is 245 Å². The Bertz CT molecular complexity index is 1770. The number of piperidine rings is 1. The van der Waals surface area contributed by atoms with Crippen molar-refractivity contribution in [1.29, 1.82) is 0 Å². The first kappa shape index (κ1) is 27.3. The zero-order chi connectivity index (χ0) is 29.4. The zero-order valence-electron chi connectivity index (χ0n) is 22.4. The lowest BCUT2D eigenvalue weighted by Gasteiger charge is -2.45. The summed E-state index contributed by atoms with van der Waals surface area (Å²) in [6.45, 7) is 0.517. The van der Waals surface area contributed by atoms with Gasteiger partial charge in [0.15, 0.2) is 5.60 Å². The Balaban J connectivity index is 1.30. The van der Waals surface area contributed by atoms with E-state index < -0.39 is 29.2 Å². The molecule has 0 bridgehead atoms. The molecule has 2 aliphatic rings. The number of nitrogens with one attached hydrogen (secondary N) is 3. The highest BCUT2D eigenvalue weighted by molar-refractivity contribution is 6.30. The number of hydrogen-bond acceptors (Lipinski definition) is 6. The first-order chi connectivity index (χ1) is 20.2. The number of H-pyrrole nitrogens is 1. The number of aromatic hydroxyl groups is 1. The molecule has 4 aromatic rings. The molecule has 1 aromatic heterocycles. The monoisotopic (exact) mass is 586 g/mol. The molecule has 0 radical (unpaired) electrons. The van der Waals surface area contributed by atoms with Gasteiger partial charge in [0.2, 0.25) is 5.91 Å². The van der Waals surface area contributed by atoms with Crippen molar-refractivity contribution < 1.29 is 24.2 Å². The fourth-order valence-electron chi connectivity index (χ4n) is 5.78. The molecule has 3 heterocycles. The largest absolute Gasteiger partial charge is 0.507 e. The molecular weight excluding hydrogens is 560 g/mol. The number of aromatic amines is 1. The number of ether oxygens (including phenoxy) is 1. The van der Waals surface area contributed by atoms with Crippen molar-refractivity contribution in [3.05, 3.63) is 105 Å². The molecule has 214 valence electrons. The maximum absolute atomic E-state index is 14.1. The van der Waals surface area contributed by atoms with Crippen LogP contribution >= 0.6 is 11.6 Å². The summed E-state index contributed by atoms with van der Waals surface area (Å²) in [5.74, 6) is -1.04. The van der Waals surface area contributed by atoms with Crippen LogP contribution in [0, 0.1) is 0 Å². The SMILES string of the molecule is O=C1Nc2ccc(Cl)cc2[C@@]2(CCCN(C(=O)[C@H](Cc3ccccc3)NC(=O)c3ccc4c(O)cc(=O)[nH]c4c3)C2)O1. The molecule has 0 saturated carbocycles. The second-order valence-corrected chi connectivity index (χ2v) is 11.0. The lowest BCUT2D eigenvalue weighted by Crippen LogP contribution is -2.57. The van der Waals surface area contributed by atoms with Gasteiger partial charge in [0.05, 0.1) is 17.7 Å². The summed E-state index contributed by atoms with van der Waals surface area (Å²) in [4.78, 5) is 56.2. The number of rotatable bonds is 5. The summed E-state index contributed by atoms with van der Waals surface area (Å²) in [7, 11) is 0. The molecular formula is C31H27ClN4O6. The van der Waals surface area contributed by atoms with E-state index in [1.54, 1.807) is 23.1 Å². The normalized spacial score (nSPS) is 18.6. The predicted octanol–water partition coefficient (Wildman–Crippen LogP) is 4.31. The van der Waals surface area contributed by atoms with Crippen LogP contribution in [0.25, 0.3) is 10.9 Å². The van der Waals surface area contributed by atoms with E-state index in [4.69, 9.17) is 16.3 Å². The molecule has 3 aromatic carbocycles. The minimum absolute atomic E-state index is 0.101. The van der Waals surface area contributed by atoms with Gasteiger partial charge < -0.3 is 25.0 Å². The summed E-state index contributed by atoms with van der Waals surface area (Å²) in [5.41, 5.74) is 1.05. The third-order valence-electron chi connectivity index (χ3n) is 7.73. The third kappa shape index (κ3) is 5.28. The van der Waals surface area contributed by atoms with Crippen LogP contribution in [0.4, 0.5) is 10.5 Å². The maximum Gasteiger partial charge on any atom is 0.412 e. The number of pyridine rings is 1. The molecule has 4 N–H and O–H groups in total. The number of benzene rings is 3.